The molecule has 2 heterocycles. The Morgan fingerprint density at radius 3 is 2.28 bits per heavy atom. The van der Waals surface area contributed by atoms with Crippen molar-refractivity contribution in [1.82, 2.24) is 0 Å². The monoisotopic (exact) mass is 457 g/mol. The summed E-state index contributed by atoms with van der Waals surface area (Å²) in [4.78, 5) is 14.4. The van der Waals surface area contributed by atoms with Gasteiger partial charge in [-0.2, -0.15) is 0 Å². The van der Waals surface area contributed by atoms with Crippen molar-refractivity contribution in [2.45, 2.75) is 22.0 Å². The van der Waals surface area contributed by atoms with Gasteiger partial charge in [0.1, 0.15) is 11.6 Å². The highest BCUT2D eigenvalue weighted by Gasteiger charge is 2.56. The number of carbonyl (C=O) groups excluding carboxylic acids is 1. The molecular weight excluding hydrogens is 440 g/mol. The molecule has 1 fully saturated rings. The van der Waals surface area contributed by atoms with E-state index < -0.39 is 33.2 Å². The number of hydrogen-bond acceptors (Lipinski definition) is 5. The van der Waals surface area contributed by atoms with Gasteiger partial charge in [0.2, 0.25) is 9.84 Å². The van der Waals surface area contributed by atoms with Crippen LogP contribution in [0.2, 0.25) is 0 Å². The fourth-order valence-corrected chi connectivity index (χ4v) is 5.26. The molecule has 0 aliphatic carbocycles. The van der Waals surface area contributed by atoms with Crippen LogP contribution in [-0.4, -0.2) is 27.5 Å². The summed E-state index contributed by atoms with van der Waals surface area (Å²) in [6.07, 6.45) is 0.528. The number of carbonyl (C=O) groups is 1. The third kappa shape index (κ3) is 3.04. The van der Waals surface area contributed by atoms with E-state index in [0.717, 1.165) is 23.1 Å². The second kappa shape index (κ2) is 7.47. The van der Waals surface area contributed by atoms with Gasteiger partial charge < -0.3 is 9.47 Å². The van der Waals surface area contributed by atoms with Crippen LogP contribution in [0.25, 0.3) is 0 Å². The molecule has 0 bridgehead atoms. The third-order valence-electron chi connectivity index (χ3n) is 5.46. The summed E-state index contributed by atoms with van der Waals surface area (Å²) in [6, 6.07) is 14.6. The highest BCUT2D eigenvalue weighted by molar-refractivity contribution is 7.91. The van der Waals surface area contributed by atoms with Gasteiger partial charge in [-0.15, -0.1) is 0 Å². The van der Waals surface area contributed by atoms with Gasteiger partial charge in [-0.3, -0.25) is 9.69 Å². The van der Waals surface area contributed by atoms with E-state index in [4.69, 9.17) is 9.47 Å². The normalized spacial score (nSPS) is 17.6. The zero-order valence-corrected chi connectivity index (χ0v) is 17.4. The molecule has 0 aromatic heterocycles. The van der Waals surface area contributed by atoms with E-state index in [-0.39, 0.29) is 39.9 Å². The Hall–Kier alpha value is -3.14. The molecule has 5 rings (SSSR count). The smallest absolute Gasteiger partial charge is 0.297 e. The van der Waals surface area contributed by atoms with Crippen molar-refractivity contribution in [2.75, 3.05) is 18.1 Å². The first-order valence-electron chi connectivity index (χ1n) is 9.87. The number of benzene rings is 3. The van der Waals surface area contributed by atoms with Gasteiger partial charge >= 0.3 is 0 Å². The third-order valence-corrected chi connectivity index (χ3v) is 7.23. The largest absolute Gasteiger partial charge is 0.338 e. The predicted molar refractivity (Wildman–Crippen MR) is 110 cm³/mol. The van der Waals surface area contributed by atoms with Crippen LogP contribution in [0.1, 0.15) is 12.0 Å². The SMILES string of the molecule is O=C1N(c2cc(F)ccc2F)c2ccc(S(=O)(=O)c3ccccc3)cc2C12OCCCO2. The molecule has 9 heteroatoms. The van der Waals surface area contributed by atoms with Crippen molar-refractivity contribution in [2.24, 2.45) is 0 Å². The zero-order valence-electron chi connectivity index (χ0n) is 16.6. The first-order chi connectivity index (χ1) is 15.3. The van der Waals surface area contributed by atoms with Crippen molar-refractivity contribution in [1.29, 1.82) is 0 Å². The van der Waals surface area contributed by atoms with Crippen LogP contribution < -0.4 is 4.90 Å². The van der Waals surface area contributed by atoms with Gasteiger partial charge in [-0.1, -0.05) is 18.2 Å². The van der Waals surface area contributed by atoms with Crippen molar-refractivity contribution in [3.63, 3.8) is 0 Å². The molecule has 0 N–H and O–H groups in total. The van der Waals surface area contributed by atoms with E-state index in [1.807, 2.05) is 0 Å². The highest BCUT2D eigenvalue weighted by atomic mass is 32.2. The fourth-order valence-electron chi connectivity index (χ4n) is 3.96. The number of rotatable bonds is 3. The molecule has 0 atom stereocenters. The summed E-state index contributed by atoms with van der Waals surface area (Å²) in [5.41, 5.74) is -0.0270. The molecule has 32 heavy (non-hydrogen) atoms. The van der Waals surface area contributed by atoms with E-state index in [2.05, 4.69) is 0 Å². The molecule has 2 aliphatic heterocycles. The minimum Gasteiger partial charge on any atom is -0.338 e. The maximum Gasteiger partial charge on any atom is 0.297 e. The summed E-state index contributed by atoms with van der Waals surface area (Å²) in [6.45, 7) is 0.362. The number of anilines is 2. The van der Waals surface area contributed by atoms with Crippen LogP contribution in [0.4, 0.5) is 20.2 Å². The minimum atomic E-state index is -3.91. The van der Waals surface area contributed by atoms with Gasteiger partial charge in [-0.05, 0) is 48.9 Å². The molecule has 0 saturated carbocycles. The van der Waals surface area contributed by atoms with Crippen LogP contribution >= 0.6 is 0 Å². The van der Waals surface area contributed by atoms with Gasteiger partial charge in [-0.25, -0.2) is 17.2 Å². The summed E-state index contributed by atoms with van der Waals surface area (Å²) in [5, 5.41) is 0. The molecule has 1 amide bonds. The zero-order chi connectivity index (χ0) is 22.5. The summed E-state index contributed by atoms with van der Waals surface area (Å²) in [7, 11) is -3.91. The van der Waals surface area contributed by atoms with Crippen LogP contribution in [0, 0.1) is 11.6 Å². The van der Waals surface area contributed by atoms with Crippen LogP contribution in [-0.2, 0) is 29.9 Å². The molecule has 0 unspecified atom stereocenters. The molecule has 0 radical (unpaired) electrons. The van der Waals surface area contributed by atoms with Crippen LogP contribution in [0.15, 0.2) is 76.5 Å². The van der Waals surface area contributed by atoms with E-state index in [1.54, 1.807) is 18.2 Å². The van der Waals surface area contributed by atoms with E-state index >= 15 is 0 Å². The number of fused-ring (bicyclic) bond motifs is 2. The van der Waals surface area contributed by atoms with E-state index in [9.17, 15) is 22.0 Å². The lowest BCUT2D eigenvalue weighted by molar-refractivity contribution is -0.256. The molecule has 6 nitrogen and oxygen atoms in total. The molecule has 3 aromatic rings. The van der Waals surface area contributed by atoms with Crippen molar-refractivity contribution >= 4 is 27.1 Å². The Bertz CT molecular complexity index is 1320. The molecule has 1 spiro atoms. The second-order valence-corrected chi connectivity index (χ2v) is 9.35. The Kier molecular flexibility index (Phi) is 4.85. The number of sulfone groups is 1. The fraction of sp³-hybridized carbons (Fsp3) is 0.174. The number of ether oxygens (including phenoxy) is 2. The maximum atomic E-state index is 14.6. The number of nitrogens with zero attached hydrogens (tertiary/aromatic N) is 1. The molecule has 164 valence electrons. The average molecular weight is 457 g/mol. The Morgan fingerprint density at radius 2 is 1.56 bits per heavy atom. The highest BCUT2D eigenvalue weighted by Crippen LogP contribution is 2.49. The van der Waals surface area contributed by atoms with E-state index in [0.29, 0.717) is 6.42 Å². The Balaban J connectivity index is 1.72. The van der Waals surface area contributed by atoms with Crippen LogP contribution in [0.3, 0.4) is 0 Å². The quantitative estimate of drug-likeness (QED) is 0.593. The summed E-state index contributed by atoms with van der Waals surface area (Å²) >= 11 is 0. The van der Waals surface area contributed by atoms with Crippen molar-refractivity contribution < 1.29 is 31.5 Å². The predicted octanol–water partition coefficient (Wildman–Crippen LogP) is 4.07. The summed E-state index contributed by atoms with van der Waals surface area (Å²) in [5.74, 6) is -4.26. The van der Waals surface area contributed by atoms with Crippen molar-refractivity contribution in [3.8, 4) is 0 Å². The number of amides is 1. The second-order valence-electron chi connectivity index (χ2n) is 7.40. The molecule has 3 aromatic carbocycles. The molecule has 1 saturated heterocycles. The number of halogens is 2. The van der Waals surface area contributed by atoms with Crippen LogP contribution in [0.5, 0.6) is 0 Å². The Morgan fingerprint density at radius 1 is 0.844 bits per heavy atom. The molecular formula is C23H17F2NO5S. The van der Waals surface area contributed by atoms with Gasteiger partial charge in [0.15, 0.2) is 0 Å². The standard InChI is InChI=1S/C23H17F2NO5S/c24-15-7-9-19(25)21(13-15)26-20-10-8-17(32(28,29)16-5-2-1-3-6-16)14-18(20)23(22(26)27)30-11-4-12-31-23/h1-3,5-10,13-14H,4,11-12H2. The van der Waals surface area contributed by atoms with Crippen molar-refractivity contribution in [3.05, 3.63) is 83.9 Å². The van der Waals surface area contributed by atoms with Gasteiger partial charge in [0, 0.05) is 11.6 Å². The van der Waals surface area contributed by atoms with Gasteiger partial charge in [0.05, 0.1) is 34.4 Å². The average Bonchev–Trinajstić information content (AvgIpc) is 3.04. The molecule has 2 aliphatic rings. The van der Waals surface area contributed by atoms with E-state index in [1.165, 1.54) is 30.3 Å². The first-order valence-corrected chi connectivity index (χ1v) is 11.4. The lowest BCUT2D eigenvalue weighted by Gasteiger charge is -2.32. The topological polar surface area (TPSA) is 72.9 Å². The first kappa shape index (κ1) is 20.7. The summed E-state index contributed by atoms with van der Waals surface area (Å²) < 4.78 is 66.3. The lowest BCUT2D eigenvalue weighted by atomic mass is 10.1. The lowest BCUT2D eigenvalue weighted by Crippen LogP contribution is -2.46. The maximum absolute atomic E-state index is 14.6. The minimum absolute atomic E-state index is 0.0750. The Labute approximate surface area is 182 Å². The van der Waals surface area contributed by atoms with Gasteiger partial charge in [0.25, 0.3) is 11.7 Å². The number of hydrogen-bond donors (Lipinski definition) is 0.